The molecule has 3 rings (SSSR count). The summed E-state index contributed by atoms with van der Waals surface area (Å²) in [6.45, 7) is 9.69. The van der Waals surface area contributed by atoms with Crippen molar-refractivity contribution in [2.75, 3.05) is 36.8 Å². The fourth-order valence-electron chi connectivity index (χ4n) is 3.45. The van der Waals surface area contributed by atoms with Crippen molar-refractivity contribution in [3.05, 3.63) is 52.0 Å². The summed E-state index contributed by atoms with van der Waals surface area (Å²) in [6, 6.07) is 11.7. The fraction of sp³-hybridized carbons (Fsp3) is 0.417. The van der Waals surface area contributed by atoms with Gasteiger partial charge in [-0.3, -0.25) is 9.69 Å². The Hall–Kier alpha value is -1.31. The molecule has 0 aliphatic carbocycles. The first-order valence-electron chi connectivity index (χ1n) is 10.9. The van der Waals surface area contributed by atoms with Crippen molar-refractivity contribution in [1.82, 2.24) is 9.88 Å². The van der Waals surface area contributed by atoms with E-state index in [9.17, 15) is 4.79 Å². The third-order valence-electron chi connectivity index (χ3n) is 5.32. The van der Waals surface area contributed by atoms with Gasteiger partial charge in [0, 0.05) is 34.5 Å². The van der Waals surface area contributed by atoms with Gasteiger partial charge in [0.25, 0.3) is 0 Å². The van der Waals surface area contributed by atoms with E-state index < -0.39 is 0 Å². The summed E-state index contributed by atoms with van der Waals surface area (Å²) in [5.74, 6) is 1.00. The van der Waals surface area contributed by atoms with Crippen LogP contribution in [-0.2, 0) is 4.79 Å². The molecule has 0 unspecified atom stereocenters. The van der Waals surface area contributed by atoms with Crippen LogP contribution in [0.5, 0.6) is 0 Å². The maximum absolute atomic E-state index is 13.2. The monoisotopic (exact) mass is 509 g/mol. The molecule has 172 valence electrons. The highest BCUT2D eigenvalue weighted by molar-refractivity contribution is 7.99. The van der Waals surface area contributed by atoms with Gasteiger partial charge in [-0.2, -0.15) is 0 Å². The van der Waals surface area contributed by atoms with E-state index in [-0.39, 0.29) is 5.91 Å². The van der Waals surface area contributed by atoms with Gasteiger partial charge in [-0.25, -0.2) is 4.98 Å². The molecular formula is C24H29Cl2N3OS2. The van der Waals surface area contributed by atoms with Crippen LogP contribution in [0.15, 0.2) is 41.3 Å². The molecule has 0 fully saturated rings. The number of aromatic nitrogens is 1. The number of benzene rings is 2. The summed E-state index contributed by atoms with van der Waals surface area (Å²) in [5, 5.41) is 2.19. The number of hydrogen-bond donors (Lipinski definition) is 0. The summed E-state index contributed by atoms with van der Waals surface area (Å²) in [7, 11) is 0. The Kier molecular flexibility index (Phi) is 9.68. The van der Waals surface area contributed by atoms with Crippen molar-refractivity contribution in [3.8, 4) is 0 Å². The number of likely N-dealkylation sites (N-methyl/N-ethyl adjacent to an activating group) is 1. The molecule has 0 radical (unpaired) electrons. The van der Waals surface area contributed by atoms with Crippen molar-refractivity contribution in [3.63, 3.8) is 0 Å². The summed E-state index contributed by atoms with van der Waals surface area (Å²) in [6.07, 6.45) is 1.30. The molecule has 3 aromatic rings. The van der Waals surface area contributed by atoms with Crippen LogP contribution in [0.4, 0.5) is 5.13 Å². The lowest BCUT2D eigenvalue weighted by atomic mass is 10.2. The van der Waals surface area contributed by atoms with Crippen LogP contribution >= 0.6 is 46.3 Å². The molecule has 0 atom stereocenters. The lowest BCUT2D eigenvalue weighted by molar-refractivity contribution is -0.118. The number of carbonyl (C=O) groups is 1. The normalized spacial score (nSPS) is 11.4. The highest BCUT2D eigenvalue weighted by Gasteiger charge is 2.21. The highest BCUT2D eigenvalue weighted by atomic mass is 35.5. The minimum absolute atomic E-state index is 0.122. The Morgan fingerprint density at radius 1 is 1.06 bits per heavy atom. The number of anilines is 1. The number of aryl methyl sites for hydroxylation is 1. The summed E-state index contributed by atoms with van der Waals surface area (Å²) >= 11 is 15.5. The largest absolute Gasteiger partial charge is 0.302 e. The molecule has 0 saturated carbocycles. The van der Waals surface area contributed by atoms with Crippen molar-refractivity contribution in [2.24, 2.45) is 0 Å². The molecule has 0 aliphatic heterocycles. The number of thiazole rings is 1. The van der Waals surface area contributed by atoms with Gasteiger partial charge in [-0.1, -0.05) is 48.4 Å². The quantitative estimate of drug-likeness (QED) is 0.203. The second-order valence-corrected chi connectivity index (χ2v) is 10.6. The second-order valence-electron chi connectivity index (χ2n) is 7.54. The van der Waals surface area contributed by atoms with Gasteiger partial charge < -0.3 is 4.90 Å². The van der Waals surface area contributed by atoms with Gasteiger partial charge in [0.2, 0.25) is 5.91 Å². The molecule has 32 heavy (non-hydrogen) atoms. The molecule has 1 amide bonds. The molecule has 0 bridgehead atoms. The minimum Gasteiger partial charge on any atom is -0.302 e. The maximum atomic E-state index is 13.2. The van der Waals surface area contributed by atoms with E-state index in [4.69, 9.17) is 28.2 Å². The first kappa shape index (κ1) is 25.3. The number of thioether (sulfide) groups is 1. The number of hydrogen-bond acceptors (Lipinski definition) is 5. The van der Waals surface area contributed by atoms with Crippen LogP contribution in [0.2, 0.25) is 10.0 Å². The fourth-order valence-corrected chi connectivity index (χ4v) is 5.89. The minimum atomic E-state index is 0.122. The van der Waals surface area contributed by atoms with Crippen LogP contribution in [0.3, 0.4) is 0 Å². The molecule has 4 nitrogen and oxygen atoms in total. The SMILES string of the molecule is CCN(CC)CCN(C(=O)CCCSc1ccc(Cl)cc1)c1nc2c(C)cc(Cl)cc2s1. The van der Waals surface area contributed by atoms with E-state index >= 15 is 0 Å². The topological polar surface area (TPSA) is 36.4 Å². The molecule has 0 saturated heterocycles. The van der Waals surface area contributed by atoms with Gasteiger partial charge in [0.15, 0.2) is 5.13 Å². The Balaban J connectivity index is 1.69. The summed E-state index contributed by atoms with van der Waals surface area (Å²) < 4.78 is 1.02. The molecule has 8 heteroatoms. The smallest absolute Gasteiger partial charge is 0.228 e. The van der Waals surface area contributed by atoms with Crippen molar-refractivity contribution < 1.29 is 4.79 Å². The van der Waals surface area contributed by atoms with Crippen molar-refractivity contribution >= 4 is 67.6 Å². The number of amides is 1. The van der Waals surface area contributed by atoms with E-state index in [0.29, 0.717) is 18.0 Å². The molecular weight excluding hydrogens is 481 g/mol. The third-order valence-corrected chi connectivity index (χ3v) is 7.92. The van der Waals surface area contributed by atoms with E-state index in [2.05, 4.69) is 18.7 Å². The Morgan fingerprint density at radius 3 is 2.47 bits per heavy atom. The van der Waals surface area contributed by atoms with Gasteiger partial charge >= 0.3 is 0 Å². The number of rotatable bonds is 11. The van der Waals surface area contributed by atoms with E-state index in [1.165, 1.54) is 16.2 Å². The van der Waals surface area contributed by atoms with Crippen molar-refractivity contribution in [2.45, 2.75) is 38.5 Å². The average Bonchev–Trinajstić information content (AvgIpc) is 3.19. The second kappa shape index (κ2) is 12.2. The predicted octanol–water partition coefficient (Wildman–Crippen LogP) is 7.16. The lowest BCUT2D eigenvalue weighted by Crippen LogP contribution is -2.38. The molecule has 2 aromatic carbocycles. The van der Waals surface area contributed by atoms with Crippen LogP contribution in [0, 0.1) is 6.92 Å². The number of carbonyl (C=O) groups excluding carboxylic acids is 1. The highest BCUT2D eigenvalue weighted by Crippen LogP contribution is 2.33. The average molecular weight is 511 g/mol. The van der Waals surface area contributed by atoms with E-state index in [1.807, 2.05) is 48.2 Å². The molecule has 0 N–H and O–H groups in total. The Labute approximate surface area is 208 Å². The zero-order valence-corrected chi connectivity index (χ0v) is 21.9. The number of fused-ring (bicyclic) bond motifs is 1. The summed E-state index contributed by atoms with van der Waals surface area (Å²) in [4.78, 5) is 23.4. The number of nitrogens with zero attached hydrogens (tertiary/aromatic N) is 3. The van der Waals surface area contributed by atoms with Crippen LogP contribution < -0.4 is 4.90 Å². The van der Waals surface area contributed by atoms with Gasteiger partial charge in [0.1, 0.15) is 0 Å². The van der Waals surface area contributed by atoms with Crippen LogP contribution in [0.1, 0.15) is 32.3 Å². The molecule has 0 spiro atoms. The molecule has 1 aromatic heterocycles. The first-order chi connectivity index (χ1) is 15.4. The zero-order chi connectivity index (χ0) is 23.1. The van der Waals surface area contributed by atoms with E-state index in [1.54, 1.807) is 11.8 Å². The van der Waals surface area contributed by atoms with Gasteiger partial charge in [0.05, 0.1) is 10.2 Å². The van der Waals surface area contributed by atoms with E-state index in [0.717, 1.165) is 57.7 Å². The lowest BCUT2D eigenvalue weighted by Gasteiger charge is -2.24. The maximum Gasteiger partial charge on any atom is 0.228 e. The molecule has 0 aliphatic rings. The standard InChI is InChI=1S/C24H29Cl2N3OS2/c1-4-28(5-2)12-13-29(24-27-23-17(3)15-19(26)16-21(23)32-24)22(30)7-6-14-31-20-10-8-18(25)9-11-20/h8-11,15-16H,4-7,12-14H2,1-3H3. The molecule has 1 heterocycles. The summed E-state index contributed by atoms with van der Waals surface area (Å²) in [5.41, 5.74) is 1.96. The number of halogens is 2. The van der Waals surface area contributed by atoms with Crippen LogP contribution in [-0.4, -0.2) is 47.7 Å². The van der Waals surface area contributed by atoms with Gasteiger partial charge in [-0.05, 0) is 74.1 Å². The zero-order valence-electron chi connectivity index (χ0n) is 18.7. The third kappa shape index (κ3) is 6.84. The first-order valence-corrected chi connectivity index (χ1v) is 13.4. The Bertz CT molecular complexity index is 1040. The predicted molar refractivity (Wildman–Crippen MR) is 141 cm³/mol. The van der Waals surface area contributed by atoms with Crippen molar-refractivity contribution in [1.29, 1.82) is 0 Å². The Morgan fingerprint density at radius 2 is 1.78 bits per heavy atom. The van der Waals surface area contributed by atoms with Gasteiger partial charge in [-0.15, -0.1) is 11.8 Å². The van der Waals surface area contributed by atoms with Crippen LogP contribution in [0.25, 0.3) is 10.2 Å².